The lowest BCUT2D eigenvalue weighted by molar-refractivity contribution is -0.135. The van der Waals surface area contributed by atoms with Gasteiger partial charge in [0.25, 0.3) is 10.0 Å². The summed E-state index contributed by atoms with van der Waals surface area (Å²) in [7, 11) is -3.99. The Labute approximate surface area is 184 Å². The zero-order valence-corrected chi connectivity index (χ0v) is 18.4. The van der Waals surface area contributed by atoms with Crippen LogP contribution in [0.15, 0.2) is 52.3 Å². The maximum atomic E-state index is 13.4. The lowest BCUT2D eigenvalue weighted by Crippen LogP contribution is -2.47. The van der Waals surface area contributed by atoms with E-state index in [-0.39, 0.29) is 16.5 Å². The van der Waals surface area contributed by atoms with Crippen LogP contribution < -0.4 is 10.0 Å². The van der Waals surface area contributed by atoms with Crippen molar-refractivity contribution in [2.24, 2.45) is 5.92 Å². The number of fused-ring (bicyclic) bond motifs is 1. The molecule has 0 spiro atoms. The van der Waals surface area contributed by atoms with Crippen LogP contribution in [0, 0.1) is 11.7 Å². The Hall–Kier alpha value is -2.59. The molecular formula is C21H22FN3O4S2. The molecule has 10 heteroatoms. The molecule has 7 nitrogen and oxygen atoms in total. The number of amides is 2. The molecule has 0 aromatic heterocycles. The molecule has 2 aromatic rings. The molecule has 1 saturated heterocycles. The third-order valence-electron chi connectivity index (χ3n) is 5.40. The van der Waals surface area contributed by atoms with Gasteiger partial charge in [0.1, 0.15) is 5.82 Å². The summed E-state index contributed by atoms with van der Waals surface area (Å²) in [5, 5.41) is 1.77. The number of likely N-dealkylation sites (tertiary alicyclic amines) is 1. The Kier molecular flexibility index (Phi) is 5.94. The van der Waals surface area contributed by atoms with Crippen molar-refractivity contribution < 1.29 is 22.4 Å². The fraction of sp³-hybridized carbons (Fsp3) is 0.333. The highest BCUT2D eigenvalue weighted by Gasteiger charge is 2.37. The number of sulfonamides is 1. The summed E-state index contributed by atoms with van der Waals surface area (Å²) in [5.41, 5.74) is 0.422. The van der Waals surface area contributed by atoms with Gasteiger partial charge in [0.15, 0.2) is 5.25 Å². The van der Waals surface area contributed by atoms with E-state index in [9.17, 15) is 22.4 Å². The van der Waals surface area contributed by atoms with E-state index < -0.39 is 27.0 Å². The molecule has 2 aliphatic heterocycles. The zero-order valence-electron chi connectivity index (χ0n) is 16.8. The molecule has 4 rings (SSSR count). The van der Waals surface area contributed by atoms with E-state index in [0.29, 0.717) is 29.6 Å². The first-order valence-corrected chi connectivity index (χ1v) is 12.3. The number of hydrogen-bond acceptors (Lipinski definition) is 5. The Balaban J connectivity index is 1.52. The van der Waals surface area contributed by atoms with Gasteiger partial charge < -0.3 is 10.2 Å². The molecule has 31 heavy (non-hydrogen) atoms. The fourth-order valence-electron chi connectivity index (χ4n) is 3.58. The quantitative estimate of drug-likeness (QED) is 0.679. The van der Waals surface area contributed by atoms with Gasteiger partial charge >= 0.3 is 0 Å². The van der Waals surface area contributed by atoms with E-state index in [0.717, 1.165) is 30.7 Å². The van der Waals surface area contributed by atoms with Crippen molar-refractivity contribution in [1.82, 2.24) is 4.90 Å². The van der Waals surface area contributed by atoms with Crippen LogP contribution in [0.3, 0.4) is 0 Å². The summed E-state index contributed by atoms with van der Waals surface area (Å²) in [6, 6.07) is 9.43. The van der Waals surface area contributed by atoms with E-state index in [1.54, 1.807) is 11.0 Å². The second-order valence-electron chi connectivity index (χ2n) is 7.77. The van der Waals surface area contributed by atoms with Crippen LogP contribution in [0.1, 0.15) is 19.8 Å². The summed E-state index contributed by atoms with van der Waals surface area (Å²) >= 11 is 1.12. The van der Waals surface area contributed by atoms with Gasteiger partial charge in [-0.25, -0.2) is 12.8 Å². The summed E-state index contributed by atoms with van der Waals surface area (Å²) in [6.07, 6.45) is 1.84. The van der Waals surface area contributed by atoms with Crippen LogP contribution in [-0.2, 0) is 19.6 Å². The van der Waals surface area contributed by atoms with Crippen LogP contribution in [-0.4, -0.2) is 43.5 Å². The van der Waals surface area contributed by atoms with Gasteiger partial charge in [-0.3, -0.25) is 14.3 Å². The summed E-state index contributed by atoms with van der Waals surface area (Å²) in [5.74, 6) is -0.676. The molecule has 164 valence electrons. The van der Waals surface area contributed by atoms with Crippen LogP contribution in [0.2, 0.25) is 0 Å². The largest absolute Gasteiger partial charge is 0.341 e. The Morgan fingerprint density at radius 2 is 1.94 bits per heavy atom. The van der Waals surface area contributed by atoms with Crippen molar-refractivity contribution >= 4 is 45.0 Å². The first kappa shape index (κ1) is 21.6. The van der Waals surface area contributed by atoms with E-state index in [1.165, 1.54) is 30.3 Å². The van der Waals surface area contributed by atoms with Gasteiger partial charge in [-0.2, -0.15) is 0 Å². The molecule has 2 heterocycles. The molecule has 2 aromatic carbocycles. The summed E-state index contributed by atoms with van der Waals surface area (Å²) < 4.78 is 41.0. The average molecular weight is 464 g/mol. The van der Waals surface area contributed by atoms with E-state index >= 15 is 0 Å². The van der Waals surface area contributed by atoms with Gasteiger partial charge in [0, 0.05) is 18.0 Å². The molecule has 2 aliphatic rings. The molecule has 0 saturated carbocycles. The van der Waals surface area contributed by atoms with Crippen molar-refractivity contribution in [3.8, 4) is 0 Å². The normalized spacial score (nSPS) is 19.5. The number of piperidine rings is 1. The Bertz CT molecular complexity index is 1130. The van der Waals surface area contributed by atoms with Crippen LogP contribution >= 0.6 is 11.8 Å². The topological polar surface area (TPSA) is 95.6 Å². The zero-order chi connectivity index (χ0) is 22.2. The standard InChI is InChI=1S/C21H22FN3O4S2/c1-13-7-9-25(10-8-13)21(27)19-20(26)23-17-12-16(5-6-18(17)30-19)31(28,29)24-15-4-2-3-14(22)11-15/h2-6,11-13,19,24H,7-10H2,1H3,(H,23,26). The third kappa shape index (κ3) is 4.69. The molecule has 0 radical (unpaired) electrons. The minimum Gasteiger partial charge on any atom is -0.341 e. The number of rotatable bonds is 4. The number of benzene rings is 2. The van der Waals surface area contributed by atoms with Crippen molar-refractivity contribution in [1.29, 1.82) is 0 Å². The molecule has 0 bridgehead atoms. The first-order chi connectivity index (χ1) is 14.7. The maximum absolute atomic E-state index is 13.4. The highest BCUT2D eigenvalue weighted by atomic mass is 32.2. The highest BCUT2D eigenvalue weighted by molar-refractivity contribution is 8.01. The Morgan fingerprint density at radius 3 is 2.65 bits per heavy atom. The number of nitrogens with one attached hydrogen (secondary N) is 2. The number of carbonyl (C=O) groups is 2. The number of halogens is 1. The monoisotopic (exact) mass is 463 g/mol. The van der Waals surface area contributed by atoms with Crippen molar-refractivity contribution in [3.63, 3.8) is 0 Å². The summed E-state index contributed by atoms with van der Waals surface area (Å²) in [4.78, 5) is 27.7. The number of thioether (sulfide) groups is 1. The highest BCUT2D eigenvalue weighted by Crippen LogP contribution is 2.38. The van der Waals surface area contributed by atoms with E-state index in [2.05, 4.69) is 17.0 Å². The molecule has 1 unspecified atom stereocenters. The minimum atomic E-state index is -3.99. The van der Waals surface area contributed by atoms with E-state index in [4.69, 9.17) is 0 Å². The van der Waals surface area contributed by atoms with Crippen LogP contribution in [0.4, 0.5) is 15.8 Å². The molecule has 2 N–H and O–H groups in total. The number of carbonyl (C=O) groups excluding carboxylic acids is 2. The second kappa shape index (κ2) is 8.51. The third-order valence-corrected chi connectivity index (χ3v) is 8.04. The SMILES string of the molecule is CC1CCN(C(=O)C2Sc3ccc(S(=O)(=O)Nc4cccc(F)c4)cc3NC2=O)CC1. The van der Waals surface area contributed by atoms with E-state index in [1.807, 2.05) is 0 Å². The van der Waals surface area contributed by atoms with Crippen LogP contribution in [0.25, 0.3) is 0 Å². The number of anilines is 2. The van der Waals surface area contributed by atoms with Crippen molar-refractivity contribution in [2.45, 2.75) is 34.8 Å². The molecule has 1 atom stereocenters. The molecule has 0 aliphatic carbocycles. The van der Waals surface area contributed by atoms with Gasteiger partial charge in [-0.05, 0) is 55.2 Å². The fourth-order valence-corrected chi connectivity index (χ4v) is 5.71. The van der Waals surface area contributed by atoms with Gasteiger partial charge in [0.05, 0.1) is 16.3 Å². The average Bonchev–Trinajstić information content (AvgIpc) is 2.72. The van der Waals surface area contributed by atoms with Crippen LogP contribution in [0.5, 0.6) is 0 Å². The van der Waals surface area contributed by atoms with Gasteiger partial charge in [0.2, 0.25) is 11.8 Å². The smallest absolute Gasteiger partial charge is 0.261 e. The number of hydrogen-bond donors (Lipinski definition) is 2. The lowest BCUT2D eigenvalue weighted by atomic mass is 9.99. The summed E-state index contributed by atoms with van der Waals surface area (Å²) in [6.45, 7) is 3.43. The minimum absolute atomic E-state index is 0.0776. The second-order valence-corrected chi connectivity index (χ2v) is 10.6. The number of nitrogens with zero attached hydrogens (tertiary/aromatic N) is 1. The Morgan fingerprint density at radius 1 is 1.19 bits per heavy atom. The lowest BCUT2D eigenvalue weighted by Gasteiger charge is -2.33. The predicted octanol–water partition coefficient (Wildman–Crippen LogP) is 3.30. The van der Waals surface area contributed by atoms with Gasteiger partial charge in [-0.15, -0.1) is 11.8 Å². The maximum Gasteiger partial charge on any atom is 0.261 e. The van der Waals surface area contributed by atoms with Crippen molar-refractivity contribution in [3.05, 3.63) is 48.3 Å². The van der Waals surface area contributed by atoms with Gasteiger partial charge in [-0.1, -0.05) is 13.0 Å². The van der Waals surface area contributed by atoms with Crippen molar-refractivity contribution in [2.75, 3.05) is 23.1 Å². The first-order valence-electron chi connectivity index (χ1n) is 9.92. The molecular weight excluding hydrogens is 441 g/mol. The predicted molar refractivity (Wildman–Crippen MR) is 117 cm³/mol. The molecule has 1 fully saturated rings. The molecule has 2 amide bonds.